The lowest BCUT2D eigenvalue weighted by molar-refractivity contribution is 0.117. The molecule has 118 valence electrons. The molecule has 2 heterocycles. The number of likely N-dealkylation sites (N-methyl/N-ethyl adjacent to an activating group) is 1. The van der Waals surface area contributed by atoms with Crippen LogP contribution in [0, 0.1) is 5.41 Å². The van der Waals surface area contributed by atoms with Crippen molar-refractivity contribution >= 4 is 0 Å². The van der Waals surface area contributed by atoms with Gasteiger partial charge in [0.1, 0.15) is 0 Å². The first-order chi connectivity index (χ1) is 10.1. The maximum atomic E-state index is 5.68. The van der Waals surface area contributed by atoms with Gasteiger partial charge in [0.15, 0.2) is 0 Å². The molecule has 1 fully saturated rings. The number of hydrogen-bond acceptors (Lipinski definition) is 4. The Morgan fingerprint density at radius 2 is 2.14 bits per heavy atom. The first-order valence-corrected chi connectivity index (χ1v) is 7.98. The topological polar surface area (TPSA) is 37.4 Å². The second kappa shape index (κ2) is 7.87. The first kappa shape index (κ1) is 16.4. The van der Waals surface area contributed by atoms with Crippen molar-refractivity contribution in [2.75, 3.05) is 39.9 Å². The van der Waals surface area contributed by atoms with Crippen LogP contribution in [-0.2, 0) is 11.2 Å². The van der Waals surface area contributed by atoms with Gasteiger partial charge in [0, 0.05) is 50.1 Å². The monoisotopic (exact) mass is 291 g/mol. The summed E-state index contributed by atoms with van der Waals surface area (Å²) in [4.78, 5) is 6.51. The molecule has 4 heteroatoms. The minimum absolute atomic E-state index is 0.275. The summed E-state index contributed by atoms with van der Waals surface area (Å²) in [5, 5.41) is 3.59. The molecule has 1 atom stereocenters. The van der Waals surface area contributed by atoms with Crippen molar-refractivity contribution in [1.29, 1.82) is 0 Å². The van der Waals surface area contributed by atoms with Crippen LogP contribution in [0.3, 0.4) is 0 Å². The molecule has 0 aromatic carbocycles. The zero-order valence-electron chi connectivity index (χ0n) is 13.6. The number of aromatic nitrogens is 1. The van der Waals surface area contributed by atoms with Gasteiger partial charge in [0.2, 0.25) is 0 Å². The Labute approximate surface area is 128 Å². The Bertz CT molecular complexity index is 402. The van der Waals surface area contributed by atoms with E-state index in [1.54, 1.807) is 0 Å². The van der Waals surface area contributed by atoms with Crippen molar-refractivity contribution in [2.24, 2.45) is 5.41 Å². The van der Waals surface area contributed by atoms with E-state index in [-0.39, 0.29) is 5.41 Å². The molecule has 1 saturated heterocycles. The molecule has 21 heavy (non-hydrogen) atoms. The van der Waals surface area contributed by atoms with Crippen molar-refractivity contribution in [3.63, 3.8) is 0 Å². The van der Waals surface area contributed by atoms with Gasteiger partial charge in [-0.2, -0.15) is 0 Å². The molecular weight excluding hydrogens is 262 g/mol. The van der Waals surface area contributed by atoms with E-state index in [1.165, 1.54) is 5.56 Å². The second-order valence-electron chi connectivity index (χ2n) is 6.68. The highest BCUT2D eigenvalue weighted by molar-refractivity contribution is 5.09. The molecule has 0 spiro atoms. The number of nitrogens with zero attached hydrogens (tertiary/aromatic N) is 2. The van der Waals surface area contributed by atoms with Gasteiger partial charge in [0.05, 0.1) is 6.61 Å². The highest BCUT2D eigenvalue weighted by Crippen LogP contribution is 2.29. The fraction of sp³-hybridized carbons (Fsp3) is 0.706. The lowest BCUT2D eigenvalue weighted by atomic mass is 9.86. The molecular formula is C17H29N3O. The highest BCUT2D eigenvalue weighted by Gasteiger charge is 2.35. The van der Waals surface area contributed by atoms with Crippen LogP contribution >= 0.6 is 0 Å². The molecule has 0 radical (unpaired) electrons. The largest absolute Gasteiger partial charge is 0.381 e. The van der Waals surface area contributed by atoms with Crippen LogP contribution in [0.4, 0.5) is 0 Å². The molecule has 0 amide bonds. The van der Waals surface area contributed by atoms with Crippen LogP contribution in [0.15, 0.2) is 24.5 Å². The molecule has 1 unspecified atom stereocenters. The van der Waals surface area contributed by atoms with Crippen molar-refractivity contribution in [3.8, 4) is 0 Å². The summed E-state index contributed by atoms with van der Waals surface area (Å²) in [7, 11) is 2.22. The third-order valence-corrected chi connectivity index (χ3v) is 4.21. The van der Waals surface area contributed by atoms with Gasteiger partial charge < -0.3 is 15.0 Å². The van der Waals surface area contributed by atoms with Crippen LogP contribution in [0.5, 0.6) is 0 Å². The molecule has 1 N–H and O–H groups in total. The normalized spacial score (nSPS) is 22.3. The smallest absolute Gasteiger partial charge is 0.0547 e. The summed E-state index contributed by atoms with van der Waals surface area (Å²) in [6.45, 7) is 9.41. The summed E-state index contributed by atoms with van der Waals surface area (Å²) >= 11 is 0. The van der Waals surface area contributed by atoms with E-state index in [4.69, 9.17) is 4.74 Å². The van der Waals surface area contributed by atoms with Crippen molar-refractivity contribution in [1.82, 2.24) is 15.2 Å². The average Bonchev–Trinajstić information content (AvgIpc) is 2.93. The van der Waals surface area contributed by atoms with Crippen molar-refractivity contribution in [3.05, 3.63) is 30.1 Å². The Kier molecular flexibility index (Phi) is 6.15. The molecule has 1 aliphatic heterocycles. The van der Waals surface area contributed by atoms with E-state index in [9.17, 15) is 0 Å². The lowest BCUT2D eigenvalue weighted by Gasteiger charge is -2.33. The summed E-state index contributed by atoms with van der Waals surface area (Å²) in [5.74, 6) is 0. The highest BCUT2D eigenvalue weighted by atomic mass is 16.5. The number of nitrogens with one attached hydrogen (secondary N) is 1. The first-order valence-electron chi connectivity index (χ1n) is 7.98. The van der Waals surface area contributed by atoms with E-state index in [2.05, 4.69) is 48.2 Å². The average molecular weight is 291 g/mol. The number of ether oxygens (including phenoxy) is 1. The van der Waals surface area contributed by atoms with Crippen molar-refractivity contribution < 1.29 is 4.74 Å². The molecule has 0 aliphatic carbocycles. The summed E-state index contributed by atoms with van der Waals surface area (Å²) in [6, 6.07) is 4.73. The predicted molar refractivity (Wildman–Crippen MR) is 86.4 cm³/mol. The van der Waals surface area contributed by atoms with Gasteiger partial charge in [-0.25, -0.2) is 0 Å². The van der Waals surface area contributed by atoms with E-state index in [0.29, 0.717) is 6.04 Å². The van der Waals surface area contributed by atoms with Crippen LogP contribution in [0.2, 0.25) is 0 Å². The number of rotatable bonds is 8. The van der Waals surface area contributed by atoms with Crippen LogP contribution < -0.4 is 5.32 Å². The number of pyridine rings is 1. The lowest BCUT2D eigenvalue weighted by Crippen LogP contribution is -2.45. The van der Waals surface area contributed by atoms with Gasteiger partial charge >= 0.3 is 0 Å². The maximum Gasteiger partial charge on any atom is 0.0547 e. The Morgan fingerprint density at radius 3 is 2.76 bits per heavy atom. The second-order valence-corrected chi connectivity index (χ2v) is 6.68. The maximum absolute atomic E-state index is 5.68. The Hall–Kier alpha value is -0.970. The SMILES string of the molecule is CC(C)NCC1(CN(C)CCc2ccncc2)CCOC1. The third-order valence-electron chi connectivity index (χ3n) is 4.21. The molecule has 1 aromatic heterocycles. The molecule has 1 aliphatic rings. The fourth-order valence-electron chi connectivity index (χ4n) is 2.91. The van der Waals surface area contributed by atoms with Gasteiger partial charge in [-0.3, -0.25) is 4.98 Å². The molecule has 4 nitrogen and oxygen atoms in total. The van der Waals surface area contributed by atoms with E-state index in [0.717, 1.165) is 45.7 Å². The molecule has 1 aromatic rings. The van der Waals surface area contributed by atoms with Crippen molar-refractivity contribution in [2.45, 2.75) is 32.7 Å². The predicted octanol–water partition coefficient (Wildman–Crippen LogP) is 1.96. The fourth-order valence-corrected chi connectivity index (χ4v) is 2.91. The molecule has 2 rings (SSSR count). The van der Waals surface area contributed by atoms with Crippen LogP contribution in [-0.4, -0.2) is 55.8 Å². The van der Waals surface area contributed by atoms with Crippen LogP contribution in [0.25, 0.3) is 0 Å². The van der Waals surface area contributed by atoms with Gasteiger partial charge in [-0.1, -0.05) is 13.8 Å². The van der Waals surface area contributed by atoms with Gasteiger partial charge in [-0.05, 0) is 37.6 Å². The van der Waals surface area contributed by atoms with E-state index < -0.39 is 0 Å². The van der Waals surface area contributed by atoms with E-state index in [1.807, 2.05) is 12.4 Å². The Balaban J connectivity index is 1.82. The van der Waals surface area contributed by atoms with E-state index >= 15 is 0 Å². The standard InChI is InChI=1S/C17H29N3O/c1-15(2)19-12-17(7-11-21-14-17)13-20(3)10-6-16-4-8-18-9-5-16/h4-5,8-9,15,19H,6-7,10-14H2,1-3H3. The minimum Gasteiger partial charge on any atom is -0.381 e. The van der Waals surface area contributed by atoms with Crippen LogP contribution in [0.1, 0.15) is 25.8 Å². The summed E-state index contributed by atoms with van der Waals surface area (Å²) < 4.78 is 5.68. The number of hydrogen-bond donors (Lipinski definition) is 1. The summed E-state index contributed by atoms with van der Waals surface area (Å²) in [6.07, 6.45) is 5.97. The third kappa shape index (κ3) is 5.38. The summed E-state index contributed by atoms with van der Waals surface area (Å²) in [5.41, 5.74) is 1.63. The zero-order chi connectivity index (χ0) is 15.1. The minimum atomic E-state index is 0.275. The van der Waals surface area contributed by atoms with Gasteiger partial charge in [0.25, 0.3) is 0 Å². The molecule has 0 bridgehead atoms. The molecule has 0 saturated carbocycles. The Morgan fingerprint density at radius 1 is 1.38 bits per heavy atom. The van der Waals surface area contributed by atoms with Gasteiger partial charge in [-0.15, -0.1) is 0 Å². The quantitative estimate of drug-likeness (QED) is 0.794. The zero-order valence-corrected chi connectivity index (χ0v) is 13.6.